The van der Waals surface area contributed by atoms with Crippen molar-refractivity contribution in [2.24, 2.45) is 0 Å². The minimum Gasteiger partial charge on any atom is -0.283 e. The molecule has 0 aliphatic carbocycles. The van der Waals surface area contributed by atoms with Gasteiger partial charge < -0.3 is 0 Å². The molecule has 0 bridgehead atoms. The third kappa shape index (κ3) is 4.41. The fraction of sp³-hybridized carbons (Fsp3) is 0.500. The first-order valence-electron chi connectivity index (χ1n) is 6.35. The molecule has 0 saturated carbocycles. The molecule has 21 heavy (non-hydrogen) atoms. The van der Waals surface area contributed by atoms with Crippen molar-refractivity contribution in [1.29, 1.82) is 0 Å². The van der Waals surface area contributed by atoms with Crippen molar-refractivity contribution in [3.8, 4) is 0 Å². The van der Waals surface area contributed by atoms with Gasteiger partial charge in [0.15, 0.2) is 0 Å². The van der Waals surface area contributed by atoms with Crippen molar-refractivity contribution in [3.05, 3.63) is 23.8 Å². The van der Waals surface area contributed by atoms with Gasteiger partial charge in [0.1, 0.15) is 4.66 Å². The highest BCUT2D eigenvalue weighted by Gasteiger charge is 2.22. The number of sulfonamides is 2. The van der Waals surface area contributed by atoms with E-state index in [0.29, 0.717) is 18.7 Å². The molecule has 6 nitrogen and oxygen atoms in total. The van der Waals surface area contributed by atoms with Gasteiger partial charge in [-0.1, -0.05) is 35.8 Å². The minimum atomic E-state index is -3.62. The van der Waals surface area contributed by atoms with Crippen LogP contribution in [0.2, 0.25) is 0 Å². The van der Waals surface area contributed by atoms with Crippen molar-refractivity contribution in [2.75, 3.05) is 22.5 Å². The van der Waals surface area contributed by atoms with Gasteiger partial charge in [0.05, 0.1) is 10.6 Å². The highest BCUT2D eigenvalue weighted by Crippen LogP contribution is 2.24. The Morgan fingerprint density at radius 1 is 1.14 bits per heavy atom. The zero-order valence-electron chi connectivity index (χ0n) is 12.1. The van der Waals surface area contributed by atoms with E-state index in [-0.39, 0.29) is 15.2 Å². The number of anilines is 1. The largest absolute Gasteiger partial charge is 0.283 e. The molecular formula is C12H19BrN2O4S2. The molecule has 1 N–H and O–H groups in total. The smallest absolute Gasteiger partial charge is 0.243 e. The van der Waals surface area contributed by atoms with E-state index in [1.165, 1.54) is 16.4 Å². The lowest BCUT2D eigenvalue weighted by atomic mass is 10.2. The Balaban J connectivity index is 3.30. The lowest BCUT2D eigenvalue weighted by molar-refractivity contribution is 0.445. The van der Waals surface area contributed by atoms with Crippen molar-refractivity contribution < 1.29 is 16.8 Å². The van der Waals surface area contributed by atoms with Crippen molar-refractivity contribution >= 4 is 41.7 Å². The van der Waals surface area contributed by atoms with Crippen LogP contribution in [0.1, 0.15) is 19.4 Å². The molecule has 0 aromatic heterocycles. The molecule has 0 aliphatic heterocycles. The zero-order chi connectivity index (χ0) is 16.3. The van der Waals surface area contributed by atoms with Crippen LogP contribution in [0.3, 0.4) is 0 Å². The Labute approximate surface area is 134 Å². The summed E-state index contributed by atoms with van der Waals surface area (Å²) >= 11 is 2.88. The second kappa shape index (κ2) is 7.08. The number of alkyl halides is 1. The molecule has 0 radical (unpaired) electrons. The maximum absolute atomic E-state index is 12.4. The number of hydrogen-bond acceptors (Lipinski definition) is 4. The number of aryl methyl sites for hydroxylation is 1. The summed E-state index contributed by atoms with van der Waals surface area (Å²) in [5.74, 6) is 0. The number of benzene rings is 1. The summed E-state index contributed by atoms with van der Waals surface area (Å²) in [6, 6.07) is 4.42. The fourth-order valence-corrected chi connectivity index (χ4v) is 4.22. The average molecular weight is 399 g/mol. The SMILES string of the molecule is CCN(CC)S(=O)(=O)c1ccc(C)c(NS(=O)(=O)CBr)c1. The number of halogens is 1. The maximum atomic E-state index is 12.4. The Bertz CT molecular complexity index is 698. The molecule has 0 amide bonds. The number of rotatable bonds is 7. The van der Waals surface area contributed by atoms with Crippen LogP contribution in [0.15, 0.2) is 23.1 Å². The highest BCUT2D eigenvalue weighted by molar-refractivity contribution is 9.10. The highest BCUT2D eigenvalue weighted by atomic mass is 79.9. The van der Waals surface area contributed by atoms with Crippen LogP contribution in [-0.4, -0.2) is 38.9 Å². The molecule has 1 aromatic rings. The second-order valence-corrected chi connectivity index (χ2v) is 9.36. The lowest BCUT2D eigenvalue weighted by Crippen LogP contribution is -2.30. The number of nitrogens with one attached hydrogen (secondary N) is 1. The van der Waals surface area contributed by atoms with E-state index < -0.39 is 20.0 Å². The van der Waals surface area contributed by atoms with Crippen LogP contribution in [0.5, 0.6) is 0 Å². The lowest BCUT2D eigenvalue weighted by Gasteiger charge is -2.19. The molecule has 1 rings (SSSR count). The second-order valence-electron chi connectivity index (χ2n) is 4.39. The first-order valence-corrected chi connectivity index (χ1v) is 10.6. The molecule has 0 unspecified atom stereocenters. The summed E-state index contributed by atoms with van der Waals surface area (Å²) in [4.78, 5) is 0.0732. The summed E-state index contributed by atoms with van der Waals surface area (Å²) in [7, 11) is -7.15. The van der Waals surface area contributed by atoms with E-state index in [9.17, 15) is 16.8 Å². The first kappa shape index (κ1) is 18.4. The van der Waals surface area contributed by atoms with Crippen LogP contribution in [0, 0.1) is 6.92 Å². The van der Waals surface area contributed by atoms with Gasteiger partial charge in [0.2, 0.25) is 20.0 Å². The summed E-state index contributed by atoms with van der Waals surface area (Å²) < 4.78 is 51.5. The van der Waals surface area contributed by atoms with Crippen LogP contribution in [-0.2, 0) is 20.0 Å². The third-order valence-corrected chi connectivity index (χ3v) is 7.63. The summed E-state index contributed by atoms with van der Waals surface area (Å²) in [5, 5.41) is 0. The summed E-state index contributed by atoms with van der Waals surface area (Å²) in [6.45, 7) is 5.93. The molecule has 9 heteroatoms. The molecule has 0 heterocycles. The molecule has 1 aromatic carbocycles. The molecule has 0 atom stereocenters. The molecule has 0 aliphatic rings. The van der Waals surface area contributed by atoms with Crippen LogP contribution in [0.4, 0.5) is 5.69 Å². The topological polar surface area (TPSA) is 83.6 Å². The quantitative estimate of drug-likeness (QED) is 0.712. The van der Waals surface area contributed by atoms with E-state index in [4.69, 9.17) is 0 Å². The molecule has 0 fully saturated rings. The van der Waals surface area contributed by atoms with Gasteiger partial charge in [-0.25, -0.2) is 16.8 Å². The molecule has 0 saturated heterocycles. The Morgan fingerprint density at radius 3 is 2.19 bits per heavy atom. The van der Waals surface area contributed by atoms with E-state index in [1.807, 2.05) is 0 Å². The molecule has 120 valence electrons. The van der Waals surface area contributed by atoms with Gasteiger partial charge in [0.25, 0.3) is 0 Å². The van der Waals surface area contributed by atoms with Crippen LogP contribution < -0.4 is 4.72 Å². The standard InChI is InChI=1S/C12H19BrN2O4S2/c1-4-15(5-2)21(18,19)11-7-6-10(3)12(8-11)14-20(16,17)9-13/h6-8,14H,4-5,9H2,1-3H3. The van der Waals surface area contributed by atoms with Crippen molar-refractivity contribution in [1.82, 2.24) is 4.31 Å². The van der Waals surface area contributed by atoms with Gasteiger partial charge in [-0.3, -0.25) is 4.72 Å². The summed E-state index contributed by atoms with van der Waals surface area (Å²) in [5.41, 5.74) is 0.917. The van der Waals surface area contributed by atoms with Crippen LogP contribution in [0.25, 0.3) is 0 Å². The Kier molecular flexibility index (Phi) is 6.21. The van der Waals surface area contributed by atoms with E-state index in [0.717, 1.165) is 0 Å². The first-order chi connectivity index (χ1) is 9.67. The van der Waals surface area contributed by atoms with Crippen molar-refractivity contribution in [3.63, 3.8) is 0 Å². The van der Waals surface area contributed by atoms with Gasteiger partial charge >= 0.3 is 0 Å². The van der Waals surface area contributed by atoms with Crippen molar-refractivity contribution in [2.45, 2.75) is 25.7 Å². The average Bonchev–Trinajstić information content (AvgIpc) is 2.42. The van der Waals surface area contributed by atoms with E-state index >= 15 is 0 Å². The predicted molar refractivity (Wildman–Crippen MR) is 87.6 cm³/mol. The number of nitrogens with zero attached hydrogens (tertiary/aromatic N) is 1. The van der Waals surface area contributed by atoms with Gasteiger partial charge in [0, 0.05) is 13.1 Å². The van der Waals surface area contributed by atoms with E-state index in [2.05, 4.69) is 20.7 Å². The monoisotopic (exact) mass is 398 g/mol. The zero-order valence-corrected chi connectivity index (χ0v) is 15.3. The minimum absolute atomic E-state index is 0.0732. The Morgan fingerprint density at radius 2 is 1.71 bits per heavy atom. The summed E-state index contributed by atoms with van der Waals surface area (Å²) in [6.07, 6.45) is 0. The molecular weight excluding hydrogens is 380 g/mol. The van der Waals surface area contributed by atoms with Crippen LogP contribution >= 0.6 is 15.9 Å². The van der Waals surface area contributed by atoms with Gasteiger partial charge in [-0.05, 0) is 24.6 Å². The predicted octanol–water partition coefficient (Wildman–Crippen LogP) is 2.12. The molecule has 0 spiro atoms. The number of hydrogen-bond donors (Lipinski definition) is 1. The third-order valence-electron chi connectivity index (χ3n) is 2.96. The van der Waals surface area contributed by atoms with E-state index in [1.54, 1.807) is 26.8 Å². The normalized spacial score (nSPS) is 12.6. The Hall–Kier alpha value is -0.640. The van der Waals surface area contributed by atoms with Gasteiger partial charge in [-0.2, -0.15) is 4.31 Å². The van der Waals surface area contributed by atoms with Gasteiger partial charge in [-0.15, -0.1) is 0 Å². The maximum Gasteiger partial charge on any atom is 0.243 e. The fourth-order valence-electron chi connectivity index (χ4n) is 1.78.